The van der Waals surface area contributed by atoms with Crippen LogP contribution < -0.4 is 0 Å². The van der Waals surface area contributed by atoms with Crippen molar-refractivity contribution in [3.8, 4) is 5.75 Å². The minimum Gasteiger partial charge on any atom is -0.508 e. The molecule has 1 aromatic rings. The van der Waals surface area contributed by atoms with Gasteiger partial charge in [-0.15, -0.1) is 11.6 Å². The Hall–Kier alpha value is -1.02. The molecule has 0 aliphatic rings. The van der Waals surface area contributed by atoms with Gasteiger partial charge in [0.05, 0.1) is 5.38 Å². The third-order valence-electron chi connectivity index (χ3n) is 1.98. The van der Waals surface area contributed by atoms with Gasteiger partial charge in [-0.05, 0) is 30.7 Å². The lowest BCUT2D eigenvalue weighted by Gasteiger charge is -2.06. The van der Waals surface area contributed by atoms with Gasteiger partial charge in [0.25, 0.3) is 0 Å². The summed E-state index contributed by atoms with van der Waals surface area (Å²) in [6.07, 6.45) is 1.57. The maximum absolute atomic E-state index is 11.6. The Morgan fingerprint density at radius 1 is 1.43 bits per heavy atom. The first-order valence-corrected chi connectivity index (χ1v) is 5.06. The SMILES string of the molecule is CCCC(Cl)C(=O)c1ccc(O)cc1. The van der Waals surface area contributed by atoms with Gasteiger partial charge in [-0.2, -0.15) is 0 Å². The Balaban J connectivity index is 2.74. The Morgan fingerprint density at radius 2 is 2.00 bits per heavy atom. The number of hydrogen-bond acceptors (Lipinski definition) is 2. The van der Waals surface area contributed by atoms with Crippen molar-refractivity contribution in [2.45, 2.75) is 25.1 Å². The van der Waals surface area contributed by atoms with Gasteiger partial charge in [0.15, 0.2) is 5.78 Å². The highest BCUT2D eigenvalue weighted by molar-refractivity contribution is 6.33. The van der Waals surface area contributed by atoms with E-state index in [1.807, 2.05) is 6.92 Å². The number of Topliss-reactive ketones (excluding diaryl/α,β-unsaturated/α-hetero) is 1. The van der Waals surface area contributed by atoms with Crippen LogP contribution in [0.1, 0.15) is 30.1 Å². The smallest absolute Gasteiger partial charge is 0.180 e. The summed E-state index contributed by atoms with van der Waals surface area (Å²) in [7, 11) is 0. The monoisotopic (exact) mass is 212 g/mol. The molecule has 76 valence electrons. The summed E-state index contributed by atoms with van der Waals surface area (Å²) in [5, 5.41) is 8.58. The molecule has 0 bridgehead atoms. The van der Waals surface area contributed by atoms with Crippen LogP contribution in [0, 0.1) is 0 Å². The zero-order valence-corrected chi connectivity index (χ0v) is 8.79. The molecule has 0 saturated heterocycles. The van der Waals surface area contributed by atoms with Crippen LogP contribution in [0.4, 0.5) is 0 Å². The van der Waals surface area contributed by atoms with Crippen LogP contribution in [0.15, 0.2) is 24.3 Å². The molecule has 0 heterocycles. The number of carbonyl (C=O) groups excluding carboxylic acids is 1. The van der Waals surface area contributed by atoms with Gasteiger partial charge in [-0.3, -0.25) is 4.79 Å². The quantitative estimate of drug-likeness (QED) is 0.616. The number of phenolic OH excluding ortho intramolecular Hbond substituents is 1. The van der Waals surface area contributed by atoms with Gasteiger partial charge < -0.3 is 5.11 Å². The van der Waals surface area contributed by atoms with Crippen molar-refractivity contribution in [1.82, 2.24) is 0 Å². The summed E-state index contributed by atoms with van der Waals surface area (Å²) in [4.78, 5) is 11.6. The van der Waals surface area contributed by atoms with E-state index in [9.17, 15) is 4.79 Å². The lowest BCUT2D eigenvalue weighted by atomic mass is 10.1. The van der Waals surface area contributed by atoms with Crippen molar-refractivity contribution < 1.29 is 9.90 Å². The highest BCUT2D eigenvalue weighted by Crippen LogP contribution is 2.16. The summed E-state index contributed by atoms with van der Waals surface area (Å²) in [6.45, 7) is 1.99. The first kappa shape index (κ1) is 11.1. The number of phenols is 1. The molecule has 0 aliphatic heterocycles. The van der Waals surface area contributed by atoms with Crippen LogP contribution in [0.5, 0.6) is 5.75 Å². The Labute approximate surface area is 88.5 Å². The van der Waals surface area contributed by atoms with Crippen molar-refractivity contribution in [3.05, 3.63) is 29.8 Å². The molecule has 0 amide bonds. The molecule has 1 unspecified atom stereocenters. The molecule has 0 radical (unpaired) electrons. The van der Waals surface area contributed by atoms with Crippen LogP contribution in [0.25, 0.3) is 0 Å². The molecule has 0 saturated carbocycles. The molecule has 1 aromatic carbocycles. The number of alkyl halides is 1. The number of halogens is 1. The third kappa shape index (κ3) is 2.74. The zero-order chi connectivity index (χ0) is 10.6. The van der Waals surface area contributed by atoms with Gasteiger partial charge in [-0.25, -0.2) is 0 Å². The highest BCUT2D eigenvalue weighted by Gasteiger charge is 2.15. The maximum Gasteiger partial charge on any atom is 0.180 e. The second-order valence-electron chi connectivity index (χ2n) is 3.17. The molecule has 2 nitrogen and oxygen atoms in total. The summed E-state index contributed by atoms with van der Waals surface area (Å²) in [5.74, 6) is 0.0803. The predicted molar refractivity (Wildman–Crippen MR) is 57.0 cm³/mol. The summed E-state index contributed by atoms with van der Waals surface area (Å²) in [5.41, 5.74) is 0.552. The van der Waals surface area contributed by atoms with Gasteiger partial charge in [0, 0.05) is 5.56 Å². The molecule has 1 rings (SSSR count). The summed E-state index contributed by atoms with van der Waals surface area (Å²) in [6, 6.07) is 6.15. The van der Waals surface area contributed by atoms with E-state index in [0.717, 1.165) is 6.42 Å². The van der Waals surface area contributed by atoms with Gasteiger partial charge in [0.2, 0.25) is 0 Å². The van der Waals surface area contributed by atoms with E-state index in [-0.39, 0.29) is 11.5 Å². The van der Waals surface area contributed by atoms with E-state index in [1.165, 1.54) is 12.1 Å². The molecule has 14 heavy (non-hydrogen) atoms. The van der Waals surface area contributed by atoms with Crippen LogP contribution in [0.3, 0.4) is 0 Å². The number of carbonyl (C=O) groups is 1. The normalized spacial score (nSPS) is 12.4. The van der Waals surface area contributed by atoms with Gasteiger partial charge >= 0.3 is 0 Å². The number of ketones is 1. The molecule has 0 fully saturated rings. The number of rotatable bonds is 4. The lowest BCUT2D eigenvalue weighted by Crippen LogP contribution is -2.14. The Morgan fingerprint density at radius 3 is 2.50 bits per heavy atom. The van der Waals surface area contributed by atoms with E-state index in [1.54, 1.807) is 12.1 Å². The van der Waals surface area contributed by atoms with Crippen molar-refractivity contribution >= 4 is 17.4 Å². The average molecular weight is 213 g/mol. The topological polar surface area (TPSA) is 37.3 Å². The first-order chi connectivity index (χ1) is 6.65. The van der Waals surface area contributed by atoms with Gasteiger partial charge in [0.1, 0.15) is 5.75 Å². The number of aromatic hydroxyl groups is 1. The van der Waals surface area contributed by atoms with E-state index >= 15 is 0 Å². The van der Waals surface area contributed by atoms with Crippen molar-refractivity contribution in [2.75, 3.05) is 0 Å². The second-order valence-corrected chi connectivity index (χ2v) is 3.69. The highest BCUT2D eigenvalue weighted by atomic mass is 35.5. The fraction of sp³-hybridized carbons (Fsp3) is 0.364. The molecule has 1 atom stereocenters. The Kier molecular flexibility index (Phi) is 3.96. The summed E-state index contributed by atoms with van der Waals surface area (Å²) >= 11 is 5.89. The molecule has 1 N–H and O–H groups in total. The second kappa shape index (κ2) is 5.01. The van der Waals surface area contributed by atoms with Crippen LogP contribution in [0.2, 0.25) is 0 Å². The summed E-state index contributed by atoms with van der Waals surface area (Å²) < 4.78 is 0. The molecule has 0 spiro atoms. The van der Waals surface area contributed by atoms with E-state index in [4.69, 9.17) is 16.7 Å². The van der Waals surface area contributed by atoms with E-state index in [0.29, 0.717) is 12.0 Å². The van der Waals surface area contributed by atoms with Crippen LogP contribution in [-0.4, -0.2) is 16.3 Å². The van der Waals surface area contributed by atoms with Gasteiger partial charge in [-0.1, -0.05) is 13.3 Å². The van der Waals surface area contributed by atoms with Crippen molar-refractivity contribution in [1.29, 1.82) is 0 Å². The zero-order valence-electron chi connectivity index (χ0n) is 8.03. The number of hydrogen-bond donors (Lipinski definition) is 1. The van der Waals surface area contributed by atoms with Crippen molar-refractivity contribution in [2.24, 2.45) is 0 Å². The standard InChI is InChI=1S/C11H13ClO2/c1-2-3-10(12)11(14)8-4-6-9(13)7-5-8/h4-7,10,13H,2-3H2,1H3. The molecule has 3 heteroatoms. The Bertz CT molecular complexity index is 306. The van der Waals surface area contributed by atoms with E-state index < -0.39 is 5.38 Å². The van der Waals surface area contributed by atoms with E-state index in [2.05, 4.69) is 0 Å². The van der Waals surface area contributed by atoms with Crippen LogP contribution >= 0.6 is 11.6 Å². The first-order valence-electron chi connectivity index (χ1n) is 4.62. The minimum absolute atomic E-state index is 0.0754. The fourth-order valence-electron chi connectivity index (χ4n) is 1.19. The molecular formula is C11H13ClO2. The molecular weight excluding hydrogens is 200 g/mol. The lowest BCUT2D eigenvalue weighted by molar-refractivity contribution is 0.0984. The fourth-order valence-corrected chi connectivity index (χ4v) is 1.54. The largest absolute Gasteiger partial charge is 0.508 e. The molecule has 0 aliphatic carbocycles. The molecule has 0 aromatic heterocycles. The predicted octanol–water partition coefficient (Wildman–Crippen LogP) is 2.98. The maximum atomic E-state index is 11.6. The van der Waals surface area contributed by atoms with Crippen LogP contribution in [-0.2, 0) is 0 Å². The van der Waals surface area contributed by atoms with Crippen molar-refractivity contribution in [3.63, 3.8) is 0 Å². The average Bonchev–Trinajstić information content (AvgIpc) is 2.18. The number of benzene rings is 1. The third-order valence-corrected chi connectivity index (χ3v) is 2.39. The minimum atomic E-state index is -0.454.